The molecule has 3 atom stereocenters. The van der Waals surface area contributed by atoms with Crippen LogP contribution >= 0.6 is 0 Å². The molecular weight excluding hydrogens is 156 g/mol. The lowest BCUT2D eigenvalue weighted by Crippen LogP contribution is -2.15. The largest absolute Gasteiger partial charge is 0.0628 e. The third-order valence-corrected chi connectivity index (χ3v) is 4.00. The van der Waals surface area contributed by atoms with Crippen molar-refractivity contribution in [1.82, 2.24) is 0 Å². The Labute approximate surface area is 84.1 Å². The normalized spacial score (nSPS) is 35.5. The van der Waals surface area contributed by atoms with Gasteiger partial charge in [0.2, 0.25) is 0 Å². The summed E-state index contributed by atoms with van der Waals surface area (Å²) in [5.41, 5.74) is 0. The van der Waals surface area contributed by atoms with E-state index in [4.69, 9.17) is 0 Å². The van der Waals surface area contributed by atoms with Crippen LogP contribution < -0.4 is 0 Å². The van der Waals surface area contributed by atoms with Crippen molar-refractivity contribution < 1.29 is 0 Å². The Bertz CT molecular complexity index is 149. The summed E-state index contributed by atoms with van der Waals surface area (Å²) in [6, 6.07) is 0. The summed E-state index contributed by atoms with van der Waals surface area (Å²) < 4.78 is 0. The molecule has 0 N–H and O–H groups in total. The summed E-state index contributed by atoms with van der Waals surface area (Å²) in [7, 11) is 0. The molecule has 78 valence electrons. The lowest BCUT2D eigenvalue weighted by molar-refractivity contribution is 0.265. The Morgan fingerprint density at radius 3 is 1.62 bits per heavy atom. The SMILES string of the molecule is CC(C)CC(C(C)C)C1C(C)C1C. The second kappa shape index (κ2) is 4.02. The van der Waals surface area contributed by atoms with Gasteiger partial charge in [-0.3, -0.25) is 0 Å². The van der Waals surface area contributed by atoms with Gasteiger partial charge in [0.1, 0.15) is 0 Å². The fourth-order valence-electron chi connectivity index (χ4n) is 2.90. The highest BCUT2D eigenvalue weighted by Crippen LogP contribution is 2.53. The van der Waals surface area contributed by atoms with Gasteiger partial charge in [0, 0.05) is 0 Å². The van der Waals surface area contributed by atoms with Crippen LogP contribution in [0.15, 0.2) is 0 Å². The molecule has 0 spiro atoms. The Morgan fingerprint density at radius 1 is 0.923 bits per heavy atom. The predicted octanol–water partition coefficient (Wildman–Crippen LogP) is 4.21. The minimum atomic E-state index is 0.868. The molecule has 0 saturated heterocycles. The second-order valence-electron chi connectivity index (χ2n) is 5.83. The zero-order valence-corrected chi connectivity index (χ0v) is 10.2. The van der Waals surface area contributed by atoms with Crippen molar-refractivity contribution in [2.75, 3.05) is 0 Å². The van der Waals surface area contributed by atoms with Gasteiger partial charge in [-0.15, -0.1) is 0 Å². The fraction of sp³-hybridized carbons (Fsp3) is 1.00. The quantitative estimate of drug-likeness (QED) is 0.611. The molecule has 0 aromatic heterocycles. The maximum Gasteiger partial charge on any atom is -0.0326 e. The first-order chi connectivity index (χ1) is 5.95. The lowest BCUT2D eigenvalue weighted by Gasteiger charge is -2.23. The molecule has 0 amide bonds. The maximum atomic E-state index is 2.42. The average molecular weight is 182 g/mol. The fourth-order valence-corrected chi connectivity index (χ4v) is 2.90. The van der Waals surface area contributed by atoms with E-state index in [1.165, 1.54) is 6.42 Å². The molecule has 0 radical (unpaired) electrons. The minimum absolute atomic E-state index is 0.868. The second-order valence-corrected chi connectivity index (χ2v) is 5.83. The summed E-state index contributed by atoms with van der Waals surface area (Å²) >= 11 is 0. The van der Waals surface area contributed by atoms with Crippen LogP contribution in [0.5, 0.6) is 0 Å². The molecule has 1 saturated carbocycles. The lowest BCUT2D eigenvalue weighted by atomic mass is 9.83. The molecule has 0 aliphatic heterocycles. The zero-order chi connectivity index (χ0) is 10.2. The van der Waals surface area contributed by atoms with Gasteiger partial charge in [0.15, 0.2) is 0 Å². The third-order valence-electron chi connectivity index (χ3n) is 4.00. The zero-order valence-electron chi connectivity index (χ0n) is 10.2. The van der Waals surface area contributed by atoms with Gasteiger partial charge in [0.25, 0.3) is 0 Å². The van der Waals surface area contributed by atoms with Crippen molar-refractivity contribution in [1.29, 1.82) is 0 Å². The molecule has 1 aliphatic carbocycles. The van der Waals surface area contributed by atoms with Crippen molar-refractivity contribution in [3.8, 4) is 0 Å². The Morgan fingerprint density at radius 2 is 1.38 bits per heavy atom. The van der Waals surface area contributed by atoms with Crippen LogP contribution in [0.1, 0.15) is 48.0 Å². The van der Waals surface area contributed by atoms with E-state index < -0.39 is 0 Å². The van der Waals surface area contributed by atoms with Crippen LogP contribution in [0.4, 0.5) is 0 Å². The van der Waals surface area contributed by atoms with E-state index >= 15 is 0 Å². The van der Waals surface area contributed by atoms with Gasteiger partial charge in [0.05, 0.1) is 0 Å². The Balaban J connectivity index is 2.49. The maximum absolute atomic E-state index is 2.42. The van der Waals surface area contributed by atoms with Crippen molar-refractivity contribution in [2.24, 2.45) is 35.5 Å². The van der Waals surface area contributed by atoms with Gasteiger partial charge >= 0.3 is 0 Å². The molecule has 13 heavy (non-hydrogen) atoms. The molecule has 0 aromatic carbocycles. The van der Waals surface area contributed by atoms with Gasteiger partial charge in [-0.1, -0.05) is 41.5 Å². The average Bonchev–Trinajstić information content (AvgIpc) is 2.55. The van der Waals surface area contributed by atoms with Crippen molar-refractivity contribution in [3.63, 3.8) is 0 Å². The van der Waals surface area contributed by atoms with Crippen LogP contribution in [0.2, 0.25) is 0 Å². The molecule has 0 aromatic rings. The van der Waals surface area contributed by atoms with Crippen molar-refractivity contribution in [3.05, 3.63) is 0 Å². The highest BCUT2D eigenvalue weighted by Gasteiger charge is 2.48. The van der Waals surface area contributed by atoms with Crippen molar-refractivity contribution >= 4 is 0 Å². The highest BCUT2D eigenvalue weighted by atomic mass is 14.5. The first kappa shape index (κ1) is 11.1. The topological polar surface area (TPSA) is 0 Å². The summed E-state index contributed by atoms with van der Waals surface area (Å²) in [4.78, 5) is 0. The highest BCUT2D eigenvalue weighted by molar-refractivity contribution is 4.96. The smallest absolute Gasteiger partial charge is 0.0326 e. The molecular formula is C13H26. The first-order valence-electron chi connectivity index (χ1n) is 5.95. The molecule has 1 aliphatic rings. The summed E-state index contributed by atoms with van der Waals surface area (Å²) in [6.45, 7) is 14.3. The van der Waals surface area contributed by atoms with Crippen molar-refractivity contribution in [2.45, 2.75) is 48.0 Å². The van der Waals surface area contributed by atoms with Crippen LogP contribution in [-0.2, 0) is 0 Å². The molecule has 0 bridgehead atoms. The van der Waals surface area contributed by atoms with Gasteiger partial charge in [-0.05, 0) is 41.9 Å². The summed E-state index contributed by atoms with van der Waals surface area (Å²) in [5.74, 6) is 5.73. The Kier molecular flexibility index (Phi) is 3.43. The third kappa shape index (κ3) is 2.48. The number of hydrogen-bond acceptors (Lipinski definition) is 0. The number of rotatable bonds is 4. The van der Waals surface area contributed by atoms with Gasteiger partial charge < -0.3 is 0 Å². The summed E-state index contributed by atoms with van der Waals surface area (Å²) in [6.07, 6.45) is 1.43. The van der Waals surface area contributed by atoms with E-state index in [1.807, 2.05) is 0 Å². The molecule has 1 rings (SSSR count). The van der Waals surface area contributed by atoms with E-state index in [0.717, 1.165) is 35.5 Å². The van der Waals surface area contributed by atoms with Gasteiger partial charge in [-0.2, -0.15) is 0 Å². The first-order valence-corrected chi connectivity index (χ1v) is 5.95. The van der Waals surface area contributed by atoms with Gasteiger partial charge in [-0.25, -0.2) is 0 Å². The standard InChI is InChI=1S/C13H26/c1-8(2)7-12(9(3)4)13-10(5)11(13)6/h8-13H,7H2,1-6H3. The molecule has 0 nitrogen and oxygen atoms in total. The van der Waals surface area contributed by atoms with E-state index in [1.54, 1.807) is 0 Å². The van der Waals surface area contributed by atoms with E-state index in [9.17, 15) is 0 Å². The van der Waals surface area contributed by atoms with E-state index in [0.29, 0.717) is 0 Å². The van der Waals surface area contributed by atoms with Crippen LogP contribution in [0.25, 0.3) is 0 Å². The van der Waals surface area contributed by atoms with E-state index in [2.05, 4.69) is 41.5 Å². The molecule has 0 heterocycles. The molecule has 3 unspecified atom stereocenters. The predicted molar refractivity (Wildman–Crippen MR) is 59.6 cm³/mol. The van der Waals surface area contributed by atoms with Crippen LogP contribution in [0, 0.1) is 35.5 Å². The summed E-state index contributed by atoms with van der Waals surface area (Å²) in [5, 5.41) is 0. The van der Waals surface area contributed by atoms with E-state index in [-0.39, 0.29) is 0 Å². The minimum Gasteiger partial charge on any atom is -0.0628 e. The Hall–Kier alpha value is 0. The number of hydrogen-bond donors (Lipinski definition) is 0. The van der Waals surface area contributed by atoms with Crippen LogP contribution in [0.3, 0.4) is 0 Å². The molecule has 1 fully saturated rings. The molecule has 0 heteroatoms. The van der Waals surface area contributed by atoms with Crippen LogP contribution in [-0.4, -0.2) is 0 Å². The monoisotopic (exact) mass is 182 g/mol.